The van der Waals surface area contributed by atoms with Crippen LogP contribution in [0.1, 0.15) is 23.7 Å². The molecule has 0 fully saturated rings. The standard InChI is InChI=1S/C13H17BrFNO2/c1-9(5-6-14)8-16-13(17)10-3-4-11(15)12(7-10)18-2/h3-4,7,9H,5-6,8H2,1-2H3,(H,16,17). The second kappa shape index (κ2) is 7.36. The Morgan fingerprint density at radius 1 is 1.56 bits per heavy atom. The van der Waals surface area contributed by atoms with Gasteiger partial charge in [-0.2, -0.15) is 0 Å². The first-order valence-corrected chi connectivity index (χ1v) is 6.88. The Bertz CT molecular complexity index is 412. The highest BCUT2D eigenvalue weighted by Crippen LogP contribution is 2.18. The summed E-state index contributed by atoms with van der Waals surface area (Å²) in [6.45, 7) is 2.66. The van der Waals surface area contributed by atoms with Crippen molar-refractivity contribution in [1.82, 2.24) is 5.32 Å². The summed E-state index contributed by atoms with van der Waals surface area (Å²) in [4.78, 5) is 11.8. The lowest BCUT2D eigenvalue weighted by molar-refractivity contribution is 0.0947. The van der Waals surface area contributed by atoms with Gasteiger partial charge in [-0.3, -0.25) is 4.79 Å². The number of rotatable bonds is 6. The molecule has 0 saturated carbocycles. The highest BCUT2D eigenvalue weighted by atomic mass is 79.9. The minimum absolute atomic E-state index is 0.0798. The molecule has 5 heteroatoms. The monoisotopic (exact) mass is 317 g/mol. The number of alkyl halides is 1. The number of ether oxygens (including phenoxy) is 1. The summed E-state index contributed by atoms with van der Waals surface area (Å²) in [5.74, 6) is -0.205. The molecule has 0 aliphatic heterocycles. The molecule has 100 valence electrons. The molecular weight excluding hydrogens is 301 g/mol. The van der Waals surface area contributed by atoms with Crippen LogP contribution in [-0.4, -0.2) is 24.9 Å². The number of methoxy groups -OCH3 is 1. The van der Waals surface area contributed by atoms with Gasteiger partial charge in [0.25, 0.3) is 5.91 Å². The molecule has 1 unspecified atom stereocenters. The quantitative estimate of drug-likeness (QED) is 0.819. The average Bonchev–Trinajstić information content (AvgIpc) is 2.37. The molecule has 0 aromatic heterocycles. The number of hydrogen-bond donors (Lipinski definition) is 1. The minimum atomic E-state index is -0.471. The zero-order valence-electron chi connectivity index (χ0n) is 10.5. The smallest absolute Gasteiger partial charge is 0.251 e. The van der Waals surface area contributed by atoms with Gasteiger partial charge in [-0.05, 0) is 30.5 Å². The van der Waals surface area contributed by atoms with Crippen LogP contribution in [0.25, 0.3) is 0 Å². The van der Waals surface area contributed by atoms with E-state index >= 15 is 0 Å². The first-order valence-electron chi connectivity index (χ1n) is 5.76. The van der Waals surface area contributed by atoms with E-state index in [4.69, 9.17) is 4.74 Å². The third-order valence-corrected chi connectivity index (χ3v) is 3.08. The molecule has 0 saturated heterocycles. The second-order valence-electron chi connectivity index (χ2n) is 4.14. The molecule has 0 radical (unpaired) electrons. The predicted molar refractivity (Wildman–Crippen MR) is 72.9 cm³/mol. The molecule has 1 rings (SSSR count). The molecule has 1 aromatic rings. The second-order valence-corrected chi connectivity index (χ2v) is 4.94. The summed E-state index contributed by atoms with van der Waals surface area (Å²) in [5.41, 5.74) is 0.402. The van der Waals surface area contributed by atoms with Gasteiger partial charge >= 0.3 is 0 Å². The maximum atomic E-state index is 13.2. The lowest BCUT2D eigenvalue weighted by atomic mass is 10.1. The van der Waals surface area contributed by atoms with E-state index in [1.807, 2.05) is 0 Å². The summed E-state index contributed by atoms with van der Waals surface area (Å²) in [7, 11) is 1.37. The molecule has 0 aliphatic rings. The highest BCUT2D eigenvalue weighted by Gasteiger charge is 2.11. The number of halogens is 2. The normalized spacial score (nSPS) is 12.0. The molecule has 0 heterocycles. The van der Waals surface area contributed by atoms with Crippen molar-refractivity contribution in [3.8, 4) is 5.75 Å². The van der Waals surface area contributed by atoms with Crippen molar-refractivity contribution in [2.75, 3.05) is 19.0 Å². The lowest BCUT2D eigenvalue weighted by Gasteiger charge is -2.11. The SMILES string of the molecule is COc1cc(C(=O)NCC(C)CCBr)ccc1F. The van der Waals surface area contributed by atoms with Crippen LogP contribution in [0.4, 0.5) is 4.39 Å². The minimum Gasteiger partial charge on any atom is -0.494 e. The Morgan fingerprint density at radius 3 is 2.89 bits per heavy atom. The van der Waals surface area contributed by atoms with Crippen LogP contribution >= 0.6 is 15.9 Å². The Labute approximate surface area is 115 Å². The van der Waals surface area contributed by atoms with Crippen molar-refractivity contribution >= 4 is 21.8 Å². The Kier molecular flexibility index (Phi) is 6.12. The van der Waals surface area contributed by atoms with E-state index in [0.29, 0.717) is 18.0 Å². The van der Waals surface area contributed by atoms with Gasteiger partial charge in [0, 0.05) is 17.4 Å². The molecule has 1 amide bonds. The van der Waals surface area contributed by atoms with E-state index in [1.165, 1.54) is 25.3 Å². The van der Waals surface area contributed by atoms with E-state index in [0.717, 1.165) is 11.8 Å². The fourth-order valence-electron chi connectivity index (χ4n) is 1.46. The third kappa shape index (κ3) is 4.29. The van der Waals surface area contributed by atoms with E-state index in [1.54, 1.807) is 0 Å². The van der Waals surface area contributed by atoms with Crippen LogP contribution in [0.2, 0.25) is 0 Å². The molecule has 1 atom stereocenters. The van der Waals surface area contributed by atoms with Crippen LogP contribution in [0.15, 0.2) is 18.2 Å². The fraction of sp³-hybridized carbons (Fsp3) is 0.462. The number of carbonyl (C=O) groups excluding carboxylic acids is 1. The van der Waals surface area contributed by atoms with Crippen molar-refractivity contribution < 1.29 is 13.9 Å². The number of amides is 1. The molecule has 1 aromatic carbocycles. The van der Waals surface area contributed by atoms with Crippen LogP contribution in [-0.2, 0) is 0 Å². The summed E-state index contributed by atoms with van der Waals surface area (Å²) >= 11 is 3.36. The van der Waals surface area contributed by atoms with Crippen molar-refractivity contribution in [2.45, 2.75) is 13.3 Å². The van der Waals surface area contributed by atoms with Gasteiger partial charge in [-0.1, -0.05) is 22.9 Å². The van der Waals surface area contributed by atoms with Crippen molar-refractivity contribution in [3.63, 3.8) is 0 Å². The Balaban J connectivity index is 2.61. The largest absolute Gasteiger partial charge is 0.494 e. The van der Waals surface area contributed by atoms with Gasteiger partial charge < -0.3 is 10.1 Å². The topological polar surface area (TPSA) is 38.3 Å². The van der Waals surface area contributed by atoms with E-state index in [9.17, 15) is 9.18 Å². The molecular formula is C13H17BrFNO2. The van der Waals surface area contributed by atoms with Crippen LogP contribution in [0.5, 0.6) is 5.75 Å². The molecule has 1 N–H and O–H groups in total. The van der Waals surface area contributed by atoms with Crippen molar-refractivity contribution in [3.05, 3.63) is 29.6 Å². The van der Waals surface area contributed by atoms with Crippen LogP contribution in [0.3, 0.4) is 0 Å². The first kappa shape index (κ1) is 15.0. The average molecular weight is 318 g/mol. The van der Waals surface area contributed by atoms with Gasteiger partial charge in [0.1, 0.15) is 0 Å². The van der Waals surface area contributed by atoms with Crippen LogP contribution in [0, 0.1) is 11.7 Å². The maximum absolute atomic E-state index is 13.2. The third-order valence-electron chi connectivity index (χ3n) is 2.63. The fourth-order valence-corrected chi connectivity index (χ4v) is 2.24. The van der Waals surface area contributed by atoms with Gasteiger partial charge in [0.2, 0.25) is 0 Å². The molecule has 18 heavy (non-hydrogen) atoms. The summed E-state index contributed by atoms with van der Waals surface area (Å²) < 4.78 is 18.0. The van der Waals surface area contributed by atoms with Crippen LogP contribution < -0.4 is 10.1 Å². The molecule has 0 bridgehead atoms. The van der Waals surface area contributed by atoms with E-state index < -0.39 is 5.82 Å². The number of nitrogens with one attached hydrogen (secondary N) is 1. The predicted octanol–water partition coefficient (Wildman–Crippen LogP) is 2.99. The van der Waals surface area contributed by atoms with Gasteiger partial charge in [-0.15, -0.1) is 0 Å². The van der Waals surface area contributed by atoms with Gasteiger partial charge in [0.15, 0.2) is 11.6 Å². The molecule has 0 spiro atoms. The van der Waals surface area contributed by atoms with E-state index in [2.05, 4.69) is 28.2 Å². The maximum Gasteiger partial charge on any atom is 0.251 e. The zero-order valence-corrected chi connectivity index (χ0v) is 12.1. The number of carbonyl (C=O) groups is 1. The molecule has 0 aliphatic carbocycles. The van der Waals surface area contributed by atoms with Crippen molar-refractivity contribution in [1.29, 1.82) is 0 Å². The summed E-state index contributed by atoms with van der Waals surface area (Å²) in [5, 5.41) is 3.73. The number of hydrogen-bond acceptors (Lipinski definition) is 2. The lowest BCUT2D eigenvalue weighted by Crippen LogP contribution is -2.28. The van der Waals surface area contributed by atoms with Crippen molar-refractivity contribution in [2.24, 2.45) is 5.92 Å². The number of benzene rings is 1. The summed E-state index contributed by atoms with van der Waals surface area (Å²) in [6.07, 6.45) is 0.993. The highest BCUT2D eigenvalue weighted by molar-refractivity contribution is 9.09. The van der Waals surface area contributed by atoms with E-state index in [-0.39, 0.29) is 11.7 Å². The first-order chi connectivity index (χ1) is 8.58. The molecule has 3 nitrogen and oxygen atoms in total. The Hall–Kier alpha value is -1.10. The van der Waals surface area contributed by atoms with Gasteiger partial charge in [-0.25, -0.2) is 4.39 Å². The summed E-state index contributed by atoms with van der Waals surface area (Å²) in [6, 6.07) is 4.08. The zero-order chi connectivity index (χ0) is 13.5. The van der Waals surface area contributed by atoms with Gasteiger partial charge in [0.05, 0.1) is 7.11 Å². The Morgan fingerprint density at radius 2 is 2.28 bits per heavy atom.